The summed E-state index contributed by atoms with van der Waals surface area (Å²) in [4.78, 5) is 19.9. The number of carbonyl (C=O) groups excluding carboxylic acids is 1. The number of aromatic nitrogens is 2. The minimum Gasteiger partial charge on any atom is -0.382 e. The van der Waals surface area contributed by atoms with E-state index in [9.17, 15) is 17.6 Å². The van der Waals surface area contributed by atoms with Gasteiger partial charge in [-0.05, 0) is 36.6 Å². The lowest BCUT2D eigenvalue weighted by Gasteiger charge is -2.23. The Kier molecular flexibility index (Phi) is 5.66. The molecular formula is C21H20FN5O3S. The molecule has 1 amide bonds. The molecule has 1 aromatic heterocycles. The molecule has 3 aromatic rings. The van der Waals surface area contributed by atoms with E-state index in [0.717, 1.165) is 0 Å². The van der Waals surface area contributed by atoms with Gasteiger partial charge in [-0.15, -0.1) is 0 Å². The highest BCUT2D eigenvalue weighted by Crippen LogP contribution is 2.31. The first-order valence-electron chi connectivity index (χ1n) is 9.62. The number of rotatable bonds is 5. The van der Waals surface area contributed by atoms with E-state index < -0.39 is 21.9 Å². The van der Waals surface area contributed by atoms with Gasteiger partial charge in [0.2, 0.25) is 15.9 Å². The predicted molar refractivity (Wildman–Crippen MR) is 114 cm³/mol. The highest BCUT2D eigenvalue weighted by Gasteiger charge is 2.29. The average molecular weight is 441 g/mol. The molecule has 31 heavy (non-hydrogen) atoms. The first-order chi connectivity index (χ1) is 14.8. The van der Waals surface area contributed by atoms with Crippen LogP contribution in [0.3, 0.4) is 0 Å². The van der Waals surface area contributed by atoms with Gasteiger partial charge in [0, 0.05) is 17.7 Å². The van der Waals surface area contributed by atoms with Crippen molar-refractivity contribution in [1.29, 1.82) is 0 Å². The summed E-state index contributed by atoms with van der Waals surface area (Å²) in [6.45, 7) is 0.525. The monoisotopic (exact) mass is 441 g/mol. The number of piperidine rings is 1. The van der Waals surface area contributed by atoms with Crippen molar-refractivity contribution in [3.8, 4) is 22.4 Å². The third kappa shape index (κ3) is 4.39. The van der Waals surface area contributed by atoms with Gasteiger partial charge in [0.1, 0.15) is 17.7 Å². The van der Waals surface area contributed by atoms with Crippen LogP contribution in [0.15, 0.2) is 59.8 Å². The Morgan fingerprint density at radius 1 is 1.10 bits per heavy atom. The number of hydrogen-bond donors (Lipinski definition) is 3. The van der Waals surface area contributed by atoms with Gasteiger partial charge >= 0.3 is 0 Å². The second kappa shape index (κ2) is 8.40. The van der Waals surface area contributed by atoms with Gasteiger partial charge in [-0.1, -0.05) is 24.3 Å². The Bertz CT molecular complexity index is 1230. The molecule has 0 aliphatic carbocycles. The molecule has 4 rings (SSSR count). The highest BCUT2D eigenvalue weighted by molar-refractivity contribution is 7.89. The number of amides is 1. The van der Waals surface area contributed by atoms with Crippen LogP contribution in [-0.4, -0.2) is 36.9 Å². The summed E-state index contributed by atoms with van der Waals surface area (Å²) >= 11 is 0. The minimum atomic E-state index is -4.02. The van der Waals surface area contributed by atoms with E-state index in [2.05, 4.69) is 20.0 Å². The smallest absolute Gasteiger partial charge is 0.241 e. The van der Waals surface area contributed by atoms with Crippen LogP contribution < -0.4 is 15.8 Å². The molecule has 10 heteroatoms. The lowest BCUT2D eigenvalue weighted by atomic mass is 10.0. The molecule has 2 aromatic carbocycles. The van der Waals surface area contributed by atoms with E-state index in [0.29, 0.717) is 36.2 Å². The highest BCUT2D eigenvalue weighted by atomic mass is 32.2. The summed E-state index contributed by atoms with van der Waals surface area (Å²) in [7, 11) is -4.02. The first-order valence-corrected chi connectivity index (χ1v) is 11.1. The van der Waals surface area contributed by atoms with Crippen LogP contribution in [0.25, 0.3) is 22.4 Å². The molecule has 0 saturated carbocycles. The quantitative estimate of drug-likeness (QED) is 0.556. The second-order valence-electron chi connectivity index (χ2n) is 7.12. The van der Waals surface area contributed by atoms with Crippen LogP contribution >= 0.6 is 0 Å². The van der Waals surface area contributed by atoms with Crippen LogP contribution in [0, 0.1) is 5.82 Å². The average Bonchev–Trinajstić information content (AvgIpc) is 2.76. The van der Waals surface area contributed by atoms with Crippen LogP contribution in [-0.2, 0) is 14.8 Å². The molecule has 1 aliphatic heterocycles. The molecule has 1 saturated heterocycles. The summed E-state index contributed by atoms with van der Waals surface area (Å²) in [5, 5.41) is 2.65. The van der Waals surface area contributed by atoms with E-state index >= 15 is 0 Å². The maximum Gasteiger partial charge on any atom is 0.241 e. The van der Waals surface area contributed by atoms with E-state index in [-0.39, 0.29) is 22.2 Å². The van der Waals surface area contributed by atoms with Crippen molar-refractivity contribution in [2.45, 2.75) is 23.8 Å². The van der Waals surface area contributed by atoms with E-state index in [1.54, 1.807) is 24.3 Å². The Morgan fingerprint density at radius 3 is 2.61 bits per heavy atom. The normalized spacial score (nSPS) is 16.7. The lowest BCUT2D eigenvalue weighted by molar-refractivity contribution is -0.124. The number of nitrogens with zero attached hydrogens (tertiary/aromatic N) is 2. The molecule has 0 unspecified atom stereocenters. The van der Waals surface area contributed by atoms with Crippen molar-refractivity contribution in [1.82, 2.24) is 20.0 Å². The van der Waals surface area contributed by atoms with Crippen LogP contribution in [0.1, 0.15) is 12.8 Å². The van der Waals surface area contributed by atoms with Crippen LogP contribution in [0.4, 0.5) is 10.2 Å². The zero-order valence-corrected chi connectivity index (χ0v) is 17.2. The van der Waals surface area contributed by atoms with Gasteiger partial charge in [-0.25, -0.2) is 17.8 Å². The molecule has 2 heterocycles. The third-order valence-electron chi connectivity index (χ3n) is 4.99. The molecule has 4 N–H and O–H groups in total. The summed E-state index contributed by atoms with van der Waals surface area (Å²) in [5.74, 6) is -0.713. The molecule has 0 bridgehead atoms. The molecular weight excluding hydrogens is 421 g/mol. The molecule has 0 radical (unpaired) electrons. The van der Waals surface area contributed by atoms with Crippen molar-refractivity contribution < 1.29 is 17.6 Å². The number of nitrogen functional groups attached to an aromatic ring is 1. The standard InChI is InChI=1S/C21H20FN5O3S/c22-16-10-13(7-8-15(16)18-11-26-20(23)12-25-18)14-4-1-2-6-19(14)31(29,30)27-17-5-3-9-24-21(17)28/h1-2,4,6-8,10-12,17,27H,3,5,9H2,(H2,23,26)(H,24,28)/t17-/m0/s1. The number of halogens is 1. The fraction of sp³-hybridized carbons (Fsp3) is 0.190. The van der Waals surface area contributed by atoms with Crippen LogP contribution in [0.5, 0.6) is 0 Å². The largest absolute Gasteiger partial charge is 0.382 e. The molecule has 8 nitrogen and oxygen atoms in total. The van der Waals surface area contributed by atoms with Crippen molar-refractivity contribution >= 4 is 21.7 Å². The number of anilines is 1. The number of hydrogen-bond acceptors (Lipinski definition) is 6. The summed E-state index contributed by atoms with van der Waals surface area (Å²) < 4.78 is 43.4. The first kappa shape index (κ1) is 20.9. The van der Waals surface area contributed by atoms with Gasteiger partial charge in [-0.2, -0.15) is 4.72 Å². The number of sulfonamides is 1. The van der Waals surface area contributed by atoms with Crippen molar-refractivity contribution in [3.63, 3.8) is 0 Å². The Hall–Kier alpha value is -3.37. The topological polar surface area (TPSA) is 127 Å². The Balaban J connectivity index is 1.69. The third-order valence-corrected chi connectivity index (χ3v) is 6.52. The summed E-state index contributed by atoms with van der Waals surface area (Å²) in [6.07, 6.45) is 3.79. The molecule has 160 valence electrons. The fourth-order valence-electron chi connectivity index (χ4n) is 3.44. The van der Waals surface area contributed by atoms with Gasteiger partial charge in [0.25, 0.3) is 0 Å². The molecule has 1 aliphatic rings. The maximum atomic E-state index is 14.9. The van der Waals surface area contributed by atoms with E-state index in [1.165, 1.54) is 30.6 Å². The zero-order valence-electron chi connectivity index (χ0n) is 16.4. The van der Waals surface area contributed by atoms with Crippen LogP contribution in [0.2, 0.25) is 0 Å². The number of benzene rings is 2. The molecule has 0 spiro atoms. The van der Waals surface area contributed by atoms with E-state index in [1.807, 2.05) is 0 Å². The maximum absolute atomic E-state index is 14.9. The van der Waals surface area contributed by atoms with Crippen molar-refractivity contribution in [2.24, 2.45) is 0 Å². The SMILES string of the molecule is Nc1cnc(-c2ccc(-c3ccccc3S(=O)(=O)N[C@H]3CCCNC3=O)cc2F)cn1. The van der Waals surface area contributed by atoms with Gasteiger partial charge < -0.3 is 11.1 Å². The number of nitrogens with one attached hydrogen (secondary N) is 2. The van der Waals surface area contributed by atoms with Gasteiger partial charge in [0.15, 0.2) is 0 Å². The summed E-state index contributed by atoms with van der Waals surface area (Å²) in [5.41, 5.74) is 6.74. The van der Waals surface area contributed by atoms with E-state index in [4.69, 9.17) is 5.73 Å². The molecule has 1 atom stereocenters. The zero-order chi connectivity index (χ0) is 22.0. The fourth-order valence-corrected chi connectivity index (χ4v) is 4.90. The summed E-state index contributed by atoms with van der Waals surface area (Å²) in [6, 6.07) is 9.79. The minimum absolute atomic E-state index is 0.0344. The molecule has 1 fully saturated rings. The van der Waals surface area contributed by atoms with Gasteiger partial charge in [0.05, 0.1) is 23.0 Å². The van der Waals surface area contributed by atoms with Gasteiger partial charge in [-0.3, -0.25) is 9.78 Å². The second-order valence-corrected chi connectivity index (χ2v) is 8.81. The Morgan fingerprint density at radius 2 is 1.90 bits per heavy atom. The Labute approximate surface area is 178 Å². The van der Waals surface area contributed by atoms with Crippen molar-refractivity contribution in [3.05, 3.63) is 60.7 Å². The number of carbonyl (C=O) groups is 1. The predicted octanol–water partition coefficient (Wildman–Crippen LogP) is 2.09. The number of nitrogens with two attached hydrogens (primary N) is 1. The van der Waals surface area contributed by atoms with Crippen molar-refractivity contribution in [2.75, 3.05) is 12.3 Å². The lowest BCUT2D eigenvalue weighted by Crippen LogP contribution is -2.50.